The van der Waals surface area contributed by atoms with Gasteiger partial charge in [0.15, 0.2) is 0 Å². The minimum atomic E-state index is -0.331. The first-order valence-electron chi connectivity index (χ1n) is 7.32. The van der Waals surface area contributed by atoms with Crippen molar-refractivity contribution in [2.24, 2.45) is 0 Å². The van der Waals surface area contributed by atoms with Gasteiger partial charge in [0.05, 0.1) is 6.20 Å². The normalized spacial score (nSPS) is 15.7. The third-order valence-electron chi connectivity index (χ3n) is 3.61. The molecule has 3 rings (SSSR count). The molecular formula is C17H19FN2O. The van der Waals surface area contributed by atoms with Crippen molar-refractivity contribution in [3.63, 3.8) is 0 Å². The van der Waals surface area contributed by atoms with E-state index in [1.807, 2.05) is 37.3 Å². The summed E-state index contributed by atoms with van der Waals surface area (Å²) in [5.74, 6) is 0.170. The highest BCUT2D eigenvalue weighted by Crippen LogP contribution is 2.25. The van der Waals surface area contributed by atoms with Gasteiger partial charge in [0.1, 0.15) is 11.9 Å². The van der Waals surface area contributed by atoms with E-state index in [2.05, 4.69) is 10.3 Å². The molecule has 1 saturated carbocycles. The minimum Gasteiger partial charge on any atom is -0.470 e. The van der Waals surface area contributed by atoms with Gasteiger partial charge in [-0.05, 0) is 31.4 Å². The van der Waals surface area contributed by atoms with Crippen molar-refractivity contribution in [1.82, 2.24) is 10.3 Å². The molecule has 1 aromatic carbocycles. The maximum atomic E-state index is 13.4. The van der Waals surface area contributed by atoms with E-state index >= 15 is 0 Å². The molecule has 1 fully saturated rings. The molecular weight excluding hydrogens is 267 g/mol. The highest BCUT2D eigenvalue weighted by atomic mass is 19.1. The number of nitrogens with one attached hydrogen (secondary N) is 1. The molecule has 1 N–H and O–H groups in total. The molecule has 0 amide bonds. The molecule has 1 atom stereocenters. The Morgan fingerprint density at radius 3 is 2.81 bits per heavy atom. The summed E-state index contributed by atoms with van der Waals surface area (Å²) in [6.07, 6.45) is 3.47. The smallest absolute Gasteiger partial charge is 0.218 e. The van der Waals surface area contributed by atoms with Crippen LogP contribution >= 0.6 is 0 Å². The summed E-state index contributed by atoms with van der Waals surface area (Å²) in [5.41, 5.74) is 1.84. The number of benzene rings is 1. The maximum absolute atomic E-state index is 13.4. The van der Waals surface area contributed by atoms with E-state index in [-0.39, 0.29) is 11.9 Å². The van der Waals surface area contributed by atoms with Gasteiger partial charge in [-0.25, -0.2) is 9.37 Å². The van der Waals surface area contributed by atoms with Gasteiger partial charge in [-0.3, -0.25) is 0 Å². The molecule has 1 unspecified atom stereocenters. The Hall–Kier alpha value is -1.94. The van der Waals surface area contributed by atoms with Crippen molar-refractivity contribution >= 4 is 0 Å². The Bertz CT molecular complexity index is 599. The summed E-state index contributed by atoms with van der Waals surface area (Å²) in [5, 5.41) is 3.37. The summed E-state index contributed by atoms with van der Waals surface area (Å²) in [7, 11) is 0. The standard InChI is InChI=1S/C17H19FN2O/c1-12(13-5-3-2-4-6-13)21-17-14(9-15(18)11-20-17)10-19-16-7-8-16/h2-6,9,11-12,16,19H,7-8,10H2,1H3. The van der Waals surface area contributed by atoms with Crippen LogP contribution in [0.5, 0.6) is 5.88 Å². The number of pyridine rings is 1. The van der Waals surface area contributed by atoms with Crippen LogP contribution in [0.3, 0.4) is 0 Å². The van der Waals surface area contributed by atoms with Crippen LogP contribution in [0.4, 0.5) is 4.39 Å². The highest BCUT2D eigenvalue weighted by Gasteiger charge is 2.21. The van der Waals surface area contributed by atoms with Gasteiger partial charge in [-0.2, -0.15) is 0 Å². The number of rotatable bonds is 6. The predicted molar refractivity (Wildman–Crippen MR) is 79.5 cm³/mol. The molecule has 1 aliphatic rings. The Balaban J connectivity index is 1.73. The van der Waals surface area contributed by atoms with Crippen molar-refractivity contribution < 1.29 is 9.13 Å². The molecule has 4 heteroatoms. The fourth-order valence-electron chi connectivity index (χ4n) is 2.20. The second-order valence-electron chi connectivity index (χ2n) is 5.44. The number of aromatic nitrogens is 1. The Morgan fingerprint density at radius 2 is 2.10 bits per heavy atom. The zero-order chi connectivity index (χ0) is 14.7. The second kappa shape index (κ2) is 6.22. The van der Waals surface area contributed by atoms with Gasteiger partial charge < -0.3 is 10.1 Å². The summed E-state index contributed by atoms with van der Waals surface area (Å²) in [6, 6.07) is 12.0. The molecule has 2 aromatic rings. The van der Waals surface area contributed by atoms with Crippen LogP contribution in [-0.4, -0.2) is 11.0 Å². The van der Waals surface area contributed by atoms with Gasteiger partial charge in [-0.1, -0.05) is 30.3 Å². The summed E-state index contributed by atoms with van der Waals surface area (Å²) >= 11 is 0. The van der Waals surface area contributed by atoms with Crippen LogP contribution < -0.4 is 10.1 Å². The van der Waals surface area contributed by atoms with Crippen molar-refractivity contribution in [3.8, 4) is 5.88 Å². The largest absolute Gasteiger partial charge is 0.470 e. The molecule has 1 aromatic heterocycles. The quantitative estimate of drug-likeness (QED) is 0.880. The van der Waals surface area contributed by atoms with Gasteiger partial charge in [0, 0.05) is 18.2 Å². The number of hydrogen-bond acceptors (Lipinski definition) is 3. The minimum absolute atomic E-state index is 0.121. The topological polar surface area (TPSA) is 34.1 Å². The van der Waals surface area contributed by atoms with Crippen LogP contribution in [0.15, 0.2) is 42.6 Å². The van der Waals surface area contributed by atoms with E-state index in [0.29, 0.717) is 18.5 Å². The van der Waals surface area contributed by atoms with E-state index in [1.165, 1.54) is 25.1 Å². The summed E-state index contributed by atoms with van der Waals surface area (Å²) < 4.78 is 19.3. The average molecular weight is 286 g/mol. The van der Waals surface area contributed by atoms with Gasteiger partial charge in [0.25, 0.3) is 0 Å². The van der Waals surface area contributed by atoms with Crippen LogP contribution in [0.25, 0.3) is 0 Å². The fraction of sp³-hybridized carbons (Fsp3) is 0.353. The average Bonchev–Trinajstić information content (AvgIpc) is 3.32. The molecule has 0 radical (unpaired) electrons. The van der Waals surface area contributed by atoms with E-state index in [4.69, 9.17) is 4.74 Å². The molecule has 3 nitrogen and oxygen atoms in total. The molecule has 0 aliphatic heterocycles. The first kappa shape index (κ1) is 14.0. The third-order valence-corrected chi connectivity index (χ3v) is 3.61. The lowest BCUT2D eigenvalue weighted by Gasteiger charge is -2.17. The molecule has 0 spiro atoms. The SMILES string of the molecule is CC(Oc1ncc(F)cc1CNC1CC1)c1ccccc1. The predicted octanol–water partition coefficient (Wildman–Crippen LogP) is 3.61. The molecule has 0 bridgehead atoms. The van der Waals surface area contributed by atoms with E-state index < -0.39 is 0 Å². The van der Waals surface area contributed by atoms with E-state index in [1.54, 1.807) is 0 Å². The first-order chi connectivity index (χ1) is 10.2. The fourth-order valence-corrected chi connectivity index (χ4v) is 2.20. The van der Waals surface area contributed by atoms with E-state index in [0.717, 1.165) is 11.1 Å². The lowest BCUT2D eigenvalue weighted by Crippen LogP contribution is -2.17. The number of nitrogens with zero attached hydrogens (tertiary/aromatic N) is 1. The number of ether oxygens (including phenoxy) is 1. The lowest BCUT2D eigenvalue weighted by atomic mass is 10.1. The van der Waals surface area contributed by atoms with Gasteiger partial charge >= 0.3 is 0 Å². The molecule has 0 saturated heterocycles. The zero-order valence-electron chi connectivity index (χ0n) is 12.1. The molecule has 1 aliphatic carbocycles. The van der Waals surface area contributed by atoms with Crippen LogP contribution in [0.1, 0.15) is 37.0 Å². The zero-order valence-corrected chi connectivity index (χ0v) is 12.1. The van der Waals surface area contributed by atoms with Crippen molar-refractivity contribution in [3.05, 3.63) is 59.5 Å². The molecule has 110 valence electrons. The van der Waals surface area contributed by atoms with Crippen molar-refractivity contribution in [2.45, 2.75) is 38.5 Å². The lowest BCUT2D eigenvalue weighted by molar-refractivity contribution is 0.214. The van der Waals surface area contributed by atoms with E-state index in [9.17, 15) is 4.39 Å². The second-order valence-corrected chi connectivity index (χ2v) is 5.44. The van der Waals surface area contributed by atoms with Gasteiger partial charge in [0.2, 0.25) is 5.88 Å². The Morgan fingerprint density at radius 1 is 1.33 bits per heavy atom. The summed E-state index contributed by atoms with van der Waals surface area (Å²) in [4.78, 5) is 4.10. The monoisotopic (exact) mass is 286 g/mol. The highest BCUT2D eigenvalue weighted by molar-refractivity contribution is 5.28. The van der Waals surface area contributed by atoms with Crippen LogP contribution in [0, 0.1) is 5.82 Å². The first-order valence-corrected chi connectivity index (χ1v) is 7.32. The van der Waals surface area contributed by atoms with Crippen molar-refractivity contribution in [2.75, 3.05) is 0 Å². The third kappa shape index (κ3) is 3.79. The summed E-state index contributed by atoms with van der Waals surface area (Å²) in [6.45, 7) is 2.56. The van der Waals surface area contributed by atoms with Crippen LogP contribution in [-0.2, 0) is 6.54 Å². The Labute approximate surface area is 124 Å². The van der Waals surface area contributed by atoms with Crippen LogP contribution in [0.2, 0.25) is 0 Å². The maximum Gasteiger partial charge on any atom is 0.218 e. The molecule has 1 heterocycles. The number of hydrogen-bond donors (Lipinski definition) is 1. The Kier molecular flexibility index (Phi) is 4.15. The molecule has 21 heavy (non-hydrogen) atoms. The van der Waals surface area contributed by atoms with Gasteiger partial charge in [-0.15, -0.1) is 0 Å². The number of halogens is 1. The van der Waals surface area contributed by atoms with Crippen molar-refractivity contribution in [1.29, 1.82) is 0 Å².